The minimum Gasteiger partial charge on any atom is -0.355 e. The van der Waals surface area contributed by atoms with Crippen LogP contribution in [0.25, 0.3) is 11.3 Å². The molecule has 2 heterocycles. The van der Waals surface area contributed by atoms with Crippen molar-refractivity contribution >= 4 is 5.82 Å². The SMILES string of the molecule is CCCc1ccc(-c2cc(N3CCC(N)CC3)n[nH]2)cc1. The lowest BCUT2D eigenvalue weighted by Gasteiger charge is -2.29. The first-order chi connectivity index (χ1) is 10.3. The molecule has 4 nitrogen and oxygen atoms in total. The molecule has 2 aromatic rings. The number of hydrogen-bond donors (Lipinski definition) is 2. The van der Waals surface area contributed by atoms with Gasteiger partial charge in [0.2, 0.25) is 0 Å². The first-order valence-electron chi connectivity index (χ1n) is 7.91. The van der Waals surface area contributed by atoms with E-state index in [1.165, 1.54) is 17.5 Å². The van der Waals surface area contributed by atoms with Crippen molar-refractivity contribution in [2.24, 2.45) is 5.73 Å². The number of aromatic amines is 1. The van der Waals surface area contributed by atoms with Crippen molar-refractivity contribution in [2.45, 2.75) is 38.6 Å². The van der Waals surface area contributed by atoms with Crippen LogP contribution in [0.2, 0.25) is 0 Å². The Morgan fingerprint density at radius 3 is 2.62 bits per heavy atom. The van der Waals surface area contributed by atoms with E-state index >= 15 is 0 Å². The van der Waals surface area contributed by atoms with Crippen LogP contribution in [0.5, 0.6) is 0 Å². The molecular formula is C17H24N4. The molecule has 0 radical (unpaired) electrons. The summed E-state index contributed by atoms with van der Waals surface area (Å²) in [4.78, 5) is 2.31. The van der Waals surface area contributed by atoms with Gasteiger partial charge >= 0.3 is 0 Å². The number of rotatable bonds is 4. The Kier molecular flexibility index (Phi) is 4.25. The van der Waals surface area contributed by atoms with Crippen LogP contribution >= 0.6 is 0 Å². The lowest BCUT2D eigenvalue weighted by Crippen LogP contribution is -2.39. The monoisotopic (exact) mass is 284 g/mol. The fourth-order valence-corrected chi connectivity index (χ4v) is 2.89. The van der Waals surface area contributed by atoms with Crippen molar-refractivity contribution < 1.29 is 0 Å². The van der Waals surface area contributed by atoms with Crippen LogP contribution in [-0.4, -0.2) is 29.3 Å². The molecule has 112 valence electrons. The predicted molar refractivity (Wildman–Crippen MR) is 87.4 cm³/mol. The quantitative estimate of drug-likeness (QED) is 0.907. The molecule has 0 amide bonds. The molecule has 0 saturated carbocycles. The van der Waals surface area contributed by atoms with Crippen LogP contribution in [0.3, 0.4) is 0 Å². The summed E-state index contributed by atoms with van der Waals surface area (Å²) in [7, 11) is 0. The third kappa shape index (κ3) is 3.27. The van der Waals surface area contributed by atoms with Gasteiger partial charge in [0.05, 0.1) is 5.69 Å². The van der Waals surface area contributed by atoms with Crippen LogP contribution in [-0.2, 0) is 6.42 Å². The Labute approximate surface area is 126 Å². The van der Waals surface area contributed by atoms with Crippen LogP contribution in [0.15, 0.2) is 30.3 Å². The molecule has 3 rings (SSSR count). The normalized spacial score (nSPS) is 16.4. The number of aryl methyl sites for hydroxylation is 1. The second-order valence-electron chi connectivity index (χ2n) is 5.91. The van der Waals surface area contributed by atoms with Gasteiger partial charge < -0.3 is 10.6 Å². The zero-order chi connectivity index (χ0) is 14.7. The van der Waals surface area contributed by atoms with Crippen molar-refractivity contribution in [1.82, 2.24) is 10.2 Å². The minimum atomic E-state index is 0.353. The molecule has 4 heteroatoms. The third-order valence-electron chi connectivity index (χ3n) is 4.23. The molecule has 0 unspecified atom stereocenters. The standard InChI is InChI=1S/C17H24N4/c1-2-3-13-4-6-14(7-5-13)16-12-17(20-19-16)21-10-8-15(18)9-11-21/h4-7,12,15H,2-3,8-11,18H2,1H3,(H,19,20). The maximum atomic E-state index is 5.96. The molecular weight excluding hydrogens is 260 g/mol. The molecule has 1 aliphatic rings. The fraction of sp³-hybridized carbons (Fsp3) is 0.471. The zero-order valence-corrected chi connectivity index (χ0v) is 12.7. The van der Waals surface area contributed by atoms with Gasteiger partial charge in [-0.15, -0.1) is 0 Å². The first-order valence-corrected chi connectivity index (χ1v) is 7.91. The molecule has 1 aliphatic heterocycles. The summed E-state index contributed by atoms with van der Waals surface area (Å²) < 4.78 is 0. The Balaban J connectivity index is 1.72. The summed E-state index contributed by atoms with van der Waals surface area (Å²) in [5.74, 6) is 1.04. The fourth-order valence-electron chi connectivity index (χ4n) is 2.89. The van der Waals surface area contributed by atoms with Gasteiger partial charge in [0.1, 0.15) is 0 Å². The number of hydrogen-bond acceptors (Lipinski definition) is 3. The largest absolute Gasteiger partial charge is 0.355 e. The predicted octanol–water partition coefficient (Wildman–Crippen LogP) is 2.96. The number of aromatic nitrogens is 2. The van der Waals surface area contributed by atoms with Crippen LogP contribution < -0.4 is 10.6 Å². The molecule has 0 aliphatic carbocycles. The highest BCUT2D eigenvalue weighted by Crippen LogP contribution is 2.24. The molecule has 1 saturated heterocycles. The van der Waals surface area contributed by atoms with Crippen molar-refractivity contribution in [3.63, 3.8) is 0 Å². The van der Waals surface area contributed by atoms with E-state index in [-0.39, 0.29) is 0 Å². The van der Waals surface area contributed by atoms with E-state index in [1.54, 1.807) is 0 Å². The van der Waals surface area contributed by atoms with Crippen molar-refractivity contribution in [1.29, 1.82) is 0 Å². The number of nitrogens with one attached hydrogen (secondary N) is 1. The van der Waals surface area contributed by atoms with E-state index < -0.39 is 0 Å². The first kappa shape index (κ1) is 14.1. The van der Waals surface area contributed by atoms with Crippen molar-refractivity contribution in [3.05, 3.63) is 35.9 Å². The van der Waals surface area contributed by atoms with Gasteiger partial charge in [-0.2, -0.15) is 5.10 Å². The summed E-state index contributed by atoms with van der Waals surface area (Å²) in [6.45, 7) is 4.21. The van der Waals surface area contributed by atoms with E-state index in [0.29, 0.717) is 6.04 Å². The molecule has 0 spiro atoms. The van der Waals surface area contributed by atoms with Crippen LogP contribution in [0.4, 0.5) is 5.82 Å². The van der Waals surface area contributed by atoms with E-state index in [1.807, 2.05) is 0 Å². The molecule has 21 heavy (non-hydrogen) atoms. The molecule has 1 fully saturated rings. The zero-order valence-electron chi connectivity index (χ0n) is 12.7. The summed E-state index contributed by atoms with van der Waals surface area (Å²) in [5, 5.41) is 7.62. The highest BCUT2D eigenvalue weighted by molar-refractivity contribution is 5.63. The Bertz CT molecular complexity index is 565. The highest BCUT2D eigenvalue weighted by Gasteiger charge is 2.18. The van der Waals surface area contributed by atoms with E-state index in [9.17, 15) is 0 Å². The average Bonchev–Trinajstić information content (AvgIpc) is 2.99. The molecule has 0 bridgehead atoms. The Morgan fingerprint density at radius 2 is 1.95 bits per heavy atom. The summed E-state index contributed by atoms with van der Waals surface area (Å²) in [6, 6.07) is 11.3. The second-order valence-corrected chi connectivity index (χ2v) is 5.91. The molecule has 1 aromatic carbocycles. The summed E-state index contributed by atoms with van der Waals surface area (Å²) in [6.07, 6.45) is 4.43. The van der Waals surface area contributed by atoms with Crippen molar-refractivity contribution in [2.75, 3.05) is 18.0 Å². The number of nitrogens with two attached hydrogens (primary N) is 1. The topological polar surface area (TPSA) is 57.9 Å². The molecule has 3 N–H and O–H groups in total. The van der Waals surface area contributed by atoms with Crippen molar-refractivity contribution in [3.8, 4) is 11.3 Å². The van der Waals surface area contributed by atoms with Gasteiger partial charge in [0.25, 0.3) is 0 Å². The summed E-state index contributed by atoms with van der Waals surface area (Å²) >= 11 is 0. The molecule has 0 atom stereocenters. The number of piperidine rings is 1. The van der Waals surface area contributed by atoms with Gasteiger partial charge in [-0.05, 0) is 30.4 Å². The van der Waals surface area contributed by atoms with Gasteiger partial charge in [-0.3, -0.25) is 5.10 Å². The average molecular weight is 284 g/mol. The number of H-pyrrole nitrogens is 1. The summed E-state index contributed by atoms with van der Waals surface area (Å²) in [5.41, 5.74) is 9.63. The Hall–Kier alpha value is -1.81. The van der Waals surface area contributed by atoms with Gasteiger partial charge in [-0.25, -0.2) is 0 Å². The van der Waals surface area contributed by atoms with Gasteiger partial charge in [-0.1, -0.05) is 37.6 Å². The smallest absolute Gasteiger partial charge is 0.150 e. The number of anilines is 1. The maximum absolute atomic E-state index is 5.96. The van der Waals surface area contributed by atoms with E-state index in [4.69, 9.17) is 5.73 Å². The van der Waals surface area contributed by atoms with E-state index in [0.717, 1.165) is 43.9 Å². The number of benzene rings is 1. The maximum Gasteiger partial charge on any atom is 0.150 e. The Morgan fingerprint density at radius 1 is 1.24 bits per heavy atom. The van der Waals surface area contributed by atoms with Crippen LogP contribution in [0.1, 0.15) is 31.7 Å². The highest BCUT2D eigenvalue weighted by atomic mass is 15.3. The second kappa shape index (κ2) is 6.31. The lowest BCUT2D eigenvalue weighted by molar-refractivity contribution is 0.498. The molecule has 1 aromatic heterocycles. The van der Waals surface area contributed by atoms with E-state index in [2.05, 4.69) is 52.4 Å². The van der Waals surface area contributed by atoms with Gasteiger partial charge in [0.15, 0.2) is 5.82 Å². The minimum absolute atomic E-state index is 0.353. The third-order valence-corrected chi connectivity index (χ3v) is 4.23. The number of nitrogens with zero attached hydrogens (tertiary/aromatic N) is 2. The van der Waals surface area contributed by atoms with Crippen LogP contribution in [0, 0.1) is 0 Å². The lowest BCUT2D eigenvalue weighted by atomic mass is 10.1. The van der Waals surface area contributed by atoms with Gasteiger partial charge in [0, 0.05) is 25.2 Å².